The van der Waals surface area contributed by atoms with Crippen molar-refractivity contribution >= 4 is 15.7 Å². The summed E-state index contributed by atoms with van der Waals surface area (Å²) in [5, 5.41) is 11.9. The molecule has 0 amide bonds. The van der Waals surface area contributed by atoms with E-state index in [1.165, 1.54) is 12.1 Å². The minimum atomic E-state index is -3.71. The third-order valence-electron chi connectivity index (χ3n) is 3.43. The van der Waals surface area contributed by atoms with Crippen molar-refractivity contribution < 1.29 is 13.2 Å². The maximum atomic E-state index is 11.4. The maximum Gasteiger partial charge on any atom is 0.238 e. The van der Waals surface area contributed by atoms with E-state index in [0.717, 1.165) is 32.4 Å². The van der Waals surface area contributed by atoms with Crippen LogP contribution in [0.3, 0.4) is 0 Å². The van der Waals surface area contributed by atoms with E-state index in [9.17, 15) is 8.42 Å². The van der Waals surface area contributed by atoms with Gasteiger partial charge in [0.25, 0.3) is 0 Å². The first kappa shape index (κ1) is 15.1. The Morgan fingerprint density at radius 3 is 2.85 bits per heavy atom. The van der Waals surface area contributed by atoms with Crippen LogP contribution in [0.1, 0.15) is 19.3 Å². The van der Waals surface area contributed by atoms with Crippen molar-refractivity contribution in [3.05, 3.63) is 18.2 Å². The predicted molar refractivity (Wildman–Crippen MR) is 78.5 cm³/mol. The second-order valence-electron chi connectivity index (χ2n) is 4.93. The van der Waals surface area contributed by atoms with E-state index in [1.807, 2.05) is 0 Å². The fourth-order valence-electron chi connectivity index (χ4n) is 2.36. The van der Waals surface area contributed by atoms with Gasteiger partial charge in [0.2, 0.25) is 10.0 Å². The van der Waals surface area contributed by atoms with Crippen LogP contribution in [0, 0.1) is 0 Å². The largest absolute Gasteiger partial charge is 0.495 e. The molecule has 0 saturated carbocycles. The van der Waals surface area contributed by atoms with Gasteiger partial charge in [-0.1, -0.05) is 0 Å². The summed E-state index contributed by atoms with van der Waals surface area (Å²) in [7, 11) is -2.14. The van der Waals surface area contributed by atoms with Crippen molar-refractivity contribution in [3.8, 4) is 5.75 Å². The number of benzene rings is 1. The second-order valence-corrected chi connectivity index (χ2v) is 6.49. The Hall–Kier alpha value is -1.31. The van der Waals surface area contributed by atoms with Gasteiger partial charge in [-0.2, -0.15) is 0 Å². The standard InChI is InChI=1S/C13H21N3O3S/c1-19-13-5-4-11(20(14,17)18)9-12(13)16-10-3-2-7-15-8-6-10/h4-5,9-10,15-16H,2-3,6-8H2,1H3,(H2,14,17,18). The zero-order valence-corrected chi connectivity index (χ0v) is 12.4. The second kappa shape index (κ2) is 6.43. The monoisotopic (exact) mass is 299 g/mol. The Balaban J connectivity index is 2.23. The highest BCUT2D eigenvalue weighted by molar-refractivity contribution is 7.89. The first-order chi connectivity index (χ1) is 9.50. The lowest BCUT2D eigenvalue weighted by atomic mass is 10.1. The van der Waals surface area contributed by atoms with Gasteiger partial charge < -0.3 is 15.4 Å². The van der Waals surface area contributed by atoms with Crippen LogP contribution in [0.5, 0.6) is 5.75 Å². The van der Waals surface area contributed by atoms with Crippen LogP contribution in [0.25, 0.3) is 0 Å². The molecule has 0 spiro atoms. The molecule has 4 N–H and O–H groups in total. The highest BCUT2D eigenvalue weighted by Gasteiger charge is 2.16. The van der Waals surface area contributed by atoms with E-state index in [2.05, 4.69) is 10.6 Å². The normalized spacial score (nSPS) is 20.2. The molecule has 1 aromatic carbocycles. The molecule has 0 aromatic heterocycles. The fraction of sp³-hybridized carbons (Fsp3) is 0.538. The molecule has 112 valence electrons. The summed E-state index contributed by atoms with van der Waals surface area (Å²) < 4.78 is 28.1. The molecule has 1 aliphatic heterocycles. The first-order valence-corrected chi connectivity index (χ1v) is 8.23. The maximum absolute atomic E-state index is 11.4. The van der Waals surface area contributed by atoms with E-state index in [4.69, 9.17) is 9.88 Å². The van der Waals surface area contributed by atoms with E-state index in [0.29, 0.717) is 17.5 Å². The number of anilines is 1. The number of nitrogens with two attached hydrogens (primary N) is 1. The summed E-state index contributed by atoms with van der Waals surface area (Å²) in [5.74, 6) is 0.620. The fourth-order valence-corrected chi connectivity index (χ4v) is 2.90. The summed E-state index contributed by atoms with van der Waals surface area (Å²) >= 11 is 0. The van der Waals surface area contributed by atoms with Crippen LogP contribution in [0.15, 0.2) is 23.1 Å². The number of rotatable bonds is 4. The molecular weight excluding hydrogens is 278 g/mol. The summed E-state index contributed by atoms with van der Waals surface area (Å²) in [6.07, 6.45) is 3.12. The zero-order chi connectivity index (χ0) is 14.6. The minimum absolute atomic E-state index is 0.0903. The van der Waals surface area contributed by atoms with Gasteiger partial charge in [0, 0.05) is 6.04 Å². The minimum Gasteiger partial charge on any atom is -0.495 e. The highest BCUT2D eigenvalue weighted by atomic mass is 32.2. The summed E-state index contributed by atoms with van der Waals surface area (Å²) in [4.78, 5) is 0.0903. The van der Waals surface area contributed by atoms with E-state index >= 15 is 0 Å². The van der Waals surface area contributed by atoms with Crippen molar-refractivity contribution in [2.45, 2.75) is 30.2 Å². The lowest BCUT2D eigenvalue weighted by Crippen LogP contribution is -2.22. The Morgan fingerprint density at radius 1 is 1.35 bits per heavy atom. The molecule has 0 aliphatic carbocycles. The summed E-state index contributed by atoms with van der Waals surface area (Å²) in [5.41, 5.74) is 0.672. The quantitative estimate of drug-likeness (QED) is 0.768. The van der Waals surface area contributed by atoms with Gasteiger partial charge in [-0.05, 0) is 50.6 Å². The van der Waals surface area contributed by atoms with Crippen molar-refractivity contribution in [3.63, 3.8) is 0 Å². The van der Waals surface area contributed by atoms with Gasteiger partial charge in [-0.3, -0.25) is 0 Å². The molecule has 1 unspecified atom stereocenters. The van der Waals surface area contributed by atoms with E-state index in [1.54, 1.807) is 13.2 Å². The molecule has 1 heterocycles. The Kier molecular flexibility index (Phi) is 4.85. The molecule has 1 saturated heterocycles. The van der Waals surface area contributed by atoms with Gasteiger partial charge in [0.1, 0.15) is 5.75 Å². The van der Waals surface area contributed by atoms with Gasteiger partial charge in [0.05, 0.1) is 17.7 Å². The molecule has 6 nitrogen and oxygen atoms in total. The number of sulfonamides is 1. The number of hydrogen-bond acceptors (Lipinski definition) is 5. The van der Waals surface area contributed by atoms with Crippen molar-refractivity contribution in [1.29, 1.82) is 0 Å². The van der Waals surface area contributed by atoms with Gasteiger partial charge in [0.15, 0.2) is 0 Å². The van der Waals surface area contributed by atoms with E-state index < -0.39 is 10.0 Å². The molecule has 1 fully saturated rings. The van der Waals surface area contributed by atoms with Crippen LogP contribution < -0.4 is 20.5 Å². The van der Waals surface area contributed by atoms with Gasteiger partial charge in [-0.15, -0.1) is 0 Å². The van der Waals surface area contributed by atoms with Crippen LogP contribution in [-0.2, 0) is 10.0 Å². The SMILES string of the molecule is COc1ccc(S(N)(=O)=O)cc1NC1CCCNCC1. The molecular formula is C13H21N3O3S. The lowest BCUT2D eigenvalue weighted by molar-refractivity contribution is 0.415. The Labute approximate surface area is 119 Å². The summed E-state index contributed by atoms with van der Waals surface area (Å²) in [6, 6.07) is 4.91. The van der Waals surface area contributed by atoms with Crippen LogP contribution in [0.2, 0.25) is 0 Å². The molecule has 1 aromatic rings. The van der Waals surface area contributed by atoms with Crippen molar-refractivity contribution in [2.24, 2.45) is 5.14 Å². The Morgan fingerprint density at radius 2 is 2.15 bits per heavy atom. The molecule has 2 rings (SSSR count). The highest BCUT2D eigenvalue weighted by Crippen LogP contribution is 2.28. The van der Waals surface area contributed by atoms with Gasteiger partial charge in [-0.25, -0.2) is 13.6 Å². The number of ether oxygens (including phenoxy) is 1. The average molecular weight is 299 g/mol. The number of nitrogens with one attached hydrogen (secondary N) is 2. The average Bonchev–Trinajstić information content (AvgIpc) is 2.66. The van der Waals surface area contributed by atoms with Crippen LogP contribution in [-0.4, -0.2) is 34.7 Å². The predicted octanol–water partition coefficient (Wildman–Crippen LogP) is 0.897. The zero-order valence-electron chi connectivity index (χ0n) is 11.6. The first-order valence-electron chi connectivity index (χ1n) is 6.69. The van der Waals surface area contributed by atoms with Crippen molar-refractivity contribution in [2.75, 3.05) is 25.5 Å². The van der Waals surface area contributed by atoms with Crippen molar-refractivity contribution in [1.82, 2.24) is 5.32 Å². The molecule has 7 heteroatoms. The molecule has 1 atom stereocenters. The van der Waals surface area contributed by atoms with Crippen LogP contribution >= 0.6 is 0 Å². The third kappa shape index (κ3) is 3.84. The van der Waals surface area contributed by atoms with Crippen LogP contribution in [0.4, 0.5) is 5.69 Å². The smallest absolute Gasteiger partial charge is 0.238 e. The lowest BCUT2D eigenvalue weighted by Gasteiger charge is -2.20. The van der Waals surface area contributed by atoms with Gasteiger partial charge >= 0.3 is 0 Å². The van der Waals surface area contributed by atoms with E-state index in [-0.39, 0.29) is 4.90 Å². The number of methoxy groups -OCH3 is 1. The molecule has 0 radical (unpaired) electrons. The molecule has 1 aliphatic rings. The number of primary sulfonamides is 1. The molecule has 20 heavy (non-hydrogen) atoms. The third-order valence-corrected chi connectivity index (χ3v) is 4.35. The molecule has 0 bridgehead atoms. The summed E-state index contributed by atoms with van der Waals surface area (Å²) in [6.45, 7) is 1.97. The topological polar surface area (TPSA) is 93.5 Å². The number of hydrogen-bond donors (Lipinski definition) is 3. The Bertz CT molecular complexity index is 552.